The quantitative estimate of drug-likeness (QED) is 0.414. The number of aromatic amines is 1. The molecule has 0 aliphatic heterocycles. The molecule has 0 bridgehead atoms. The number of benzene rings is 1. The van der Waals surface area contributed by atoms with Crippen molar-refractivity contribution >= 4 is 31.5 Å². The lowest BCUT2D eigenvalue weighted by Gasteiger charge is -2.12. The van der Waals surface area contributed by atoms with Crippen molar-refractivity contribution in [2.24, 2.45) is 0 Å². The minimum Gasteiger partial charge on any atom is -0.493 e. The first kappa shape index (κ1) is 22.0. The highest BCUT2D eigenvalue weighted by Crippen LogP contribution is 2.32. The number of aromatic nitrogens is 3. The Labute approximate surface area is 178 Å². The van der Waals surface area contributed by atoms with Crippen molar-refractivity contribution in [3.63, 3.8) is 0 Å². The first-order chi connectivity index (χ1) is 14.2. The summed E-state index contributed by atoms with van der Waals surface area (Å²) in [5.74, 6) is 0.477. The monoisotopic (exact) mass is 451 g/mol. The lowest BCUT2D eigenvalue weighted by molar-refractivity contribution is 0.112. The van der Waals surface area contributed by atoms with Gasteiger partial charge in [-0.15, -0.1) is 5.10 Å². The van der Waals surface area contributed by atoms with Crippen molar-refractivity contribution in [1.82, 2.24) is 14.6 Å². The van der Waals surface area contributed by atoms with E-state index in [-0.39, 0.29) is 21.8 Å². The molecule has 3 aromatic rings. The largest absolute Gasteiger partial charge is 0.493 e. The fraction of sp³-hybridized carbons (Fsp3) is 0.350. The predicted octanol–water partition coefficient (Wildman–Crippen LogP) is 3.48. The van der Waals surface area contributed by atoms with Crippen LogP contribution in [0.5, 0.6) is 5.75 Å². The maximum atomic E-state index is 12.9. The number of carbonyl (C=O) groups excluding carboxylic acids is 1. The van der Waals surface area contributed by atoms with Crippen molar-refractivity contribution in [2.75, 3.05) is 6.61 Å². The molecule has 1 aromatic carbocycles. The molecule has 0 aliphatic carbocycles. The first-order valence-corrected chi connectivity index (χ1v) is 11.8. The Kier molecular flexibility index (Phi) is 6.33. The van der Waals surface area contributed by atoms with Crippen LogP contribution in [0.1, 0.15) is 48.3 Å². The number of carbonyl (C=O) groups is 1. The summed E-state index contributed by atoms with van der Waals surface area (Å²) in [5.41, 5.74) is 1.74. The van der Waals surface area contributed by atoms with Crippen LogP contribution >= 0.6 is 10.7 Å². The van der Waals surface area contributed by atoms with E-state index in [1.165, 1.54) is 22.7 Å². The standard InChI is InChI=1S/C20H22ClN3O5S/c1-4-6-16-15(11-25)12(3)18-20(26)22-19(23-24(16)18)14-10-13(30(21,27)28)7-8-17(14)29-9-5-2/h7-8,10-11H,4-6,9H2,1-3H3,(H,22,23,26). The Balaban J connectivity index is 2.34. The van der Waals surface area contributed by atoms with Gasteiger partial charge in [-0.1, -0.05) is 20.3 Å². The molecule has 30 heavy (non-hydrogen) atoms. The van der Waals surface area contributed by atoms with Crippen molar-refractivity contribution < 1.29 is 17.9 Å². The van der Waals surface area contributed by atoms with E-state index in [0.717, 1.165) is 19.1 Å². The van der Waals surface area contributed by atoms with Gasteiger partial charge in [-0.3, -0.25) is 9.59 Å². The van der Waals surface area contributed by atoms with E-state index in [4.69, 9.17) is 15.4 Å². The van der Waals surface area contributed by atoms with Crippen LogP contribution in [-0.4, -0.2) is 35.9 Å². The molecule has 0 saturated carbocycles. The SMILES string of the molecule is CCCOc1ccc(S(=O)(=O)Cl)cc1-c1nn2c(CCC)c(C=O)c(C)c2c(=O)[nH]1. The van der Waals surface area contributed by atoms with Gasteiger partial charge in [0.15, 0.2) is 12.1 Å². The zero-order valence-corrected chi connectivity index (χ0v) is 18.4. The molecule has 0 fully saturated rings. The molecule has 0 saturated heterocycles. The maximum Gasteiger partial charge on any atom is 0.275 e. The average molecular weight is 452 g/mol. The molecule has 0 amide bonds. The molecule has 0 atom stereocenters. The fourth-order valence-corrected chi connectivity index (χ4v) is 4.14. The van der Waals surface area contributed by atoms with Crippen molar-refractivity contribution in [1.29, 1.82) is 0 Å². The second-order valence-electron chi connectivity index (χ2n) is 6.86. The summed E-state index contributed by atoms with van der Waals surface area (Å²) in [5, 5.41) is 4.53. The van der Waals surface area contributed by atoms with Gasteiger partial charge in [-0.25, -0.2) is 12.9 Å². The third-order valence-electron chi connectivity index (χ3n) is 4.74. The summed E-state index contributed by atoms with van der Waals surface area (Å²) >= 11 is 0. The van der Waals surface area contributed by atoms with Crippen LogP contribution in [0, 0.1) is 6.92 Å². The van der Waals surface area contributed by atoms with Crippen LogP contribution in [0.4, 0.5) is 0 Å². The van der Waals surface area contributed by atoms with Gasteiger partial charge in [-0.2, -0.15) is 0 Å². The third kappa shape index (κ3) is 3.99. The predicted molar refractivity (Wildman–Crippen MR) is 114 cm³/mol. The van der Waals surface area contributed by atoms with Gasteiger partial charge in [0, 0.05) is 16.2 Å². The number of rotatable bonds is 8. The molecular formula is C20H22ClN3O5S. The summed E-state index contributed by atoms with van der Waals surface area (Å²) in [6.45, 7) is 5.99. The molecule has 3 rings (SSSR count). The van der Waals surface area contributed by atoms with Crippen LogP contribution in [0.3, 0.4) is 0 Å². The summed E-state index contributed by atoms with van der Waals surface area (Å²) < 4.78 is 30.9. The van der Waals surface area contributed by atoms with E-state index >= 15 is 0 Å². The highest BCUT2D eigenvalue weighted by molar-refractivity contribution is 8.13. The zero-order chi connectivity index (χ0) is 22.1. The number of fused-ring (bicyclic) bond motifs is 1. The van der Waals surface area contributed by atoms with E-state index in [1.807, 2.05) is 13.8 Å². The molecule has 0 radical (unpaired) electrons. The number of aryl methyl sites for hydroxylation is 2. The highest BCUT2D eigenvalue weighted by atomic mass is 35.7. The molecule has 8 nitrogen and oxygen atoms in total. The fourth-order valence-electron chi connectivity index (χ4n) is 3.36. The van der Waals surface area contributed by atoms with E-state index < -0.39 is 14.6 Å². The van der Waals surface area contributed by atoms with Gasteiger partial charge in [0.05, 0.1) is 22.8 Å². The van der Waals surface area contributed by atoms with Gasteiger partial charge in [-0.05, 0) is 43.5 Å². The summed E-state index contributed by atoms with van der Waals surface area (Å²) in [7, 11) is 1.50. The van der Waals surface area contributed by atoms with E-state index in [9.17, 15) is 18.0 Å². The Morgan fingerprint density at radius 2 is 2.00 bits per heavy atom. The van der Waals surface area contributed by atoms with Gasteiger partial charge < -0.3 is 9.72 Å². The lowest BCUT2D eigenvalue weighted by Crippen LogP contribution is -2.16. The molecule has 0 unspecified atom stereocenters. The normalized spacial score (nSPS) is 11.7. The second-order valence-corrected chi connectivity index (χ2v) is 9.43. The van der Waals surface area contributed by atoms with E-state index in [0.29, 0.717) is 35.6 Å². The number of nitrogens with one attached hydrogen (secondary N) is 1. The number of nitrogens with zero attached hydrogens (tertiary/aromatic N) is 2. The number of hydrogen-bond acceptors (Lipinski definition) is 6. The van der Waals surface area contributed by atoms with Gasteiger partial charge in [0.1, 0.15) is 11.3 Å². The topological polar surface area (TPSA) is 111 Å². The average Bonchev–Trinajstić information content (AvgIpc) is 2.97. The maximum absolute atomic E-state index is 12.9. The Morgan fingerprint density at radius 1 is 1.27 bits per heavy atom. The van der Waals surface area contributed by atoms with Crippen LogP contribution in [0.25, 0.3) is 16.9 Å². The van der Waals surface area contributed by atoms with Gasteiger partial charge >= 0.3 is 0 Å². The molecule has 0 aliphatic rings. The number of aldehydes is 1. The number of halogens is 1. The van der Waals surface area contributed by atoms with Crippen LogP contribution in [-0.2, 0) is 15.5 Å². The molecule has 160 valence electrons. The second kappa shape index (κ2) is 8.61. The molecule has 1 N–H and O–H groups in total. The smallest absolute Gasteiger partial charge is 0.275 e. The molecule has 10 heteroatoms. The van der Waals surface area contributed by atoms with Crippen LogP contribution in [0.2, 0.25) is 0 Å². The van der Waals surface area contributed by atoms with E-state index in [1.54, 1.807) is 6.92 Å². The Bertz CT molecular complexity index is 1280. The van der Waals surface area contributed by atoms with Crippen LogP contribution < -0.4 is 10.3 Å². The third-order valence-corrected chi connectivity index (χ3v) is 6.09. The summed E-state index contributed by atoms with van der Waals surface area (Å²) in [4.78, 5) is 27.0. The minimum absolute atomic E-state index is 0.116. The van der Waals surface area contributed by atoms with Crippen molar-refractivity contribution in [3.8, 4) is 17.1 Å². The zero-order valence-electron chi connectivity index (χ0n) is 16.9. The number of ether oxygens (including phenoxy) is 1. The Hall–Kier alpha value is -2.65. The molecular weight excluding hydrogens is 430 g/mol. The van der Waals surface area contributed by atoms with Crippen molar-refractivity contribution in [2.45, 2.75) is 44.9 Å². The summed E-state index contributed by atoms with van der Waals surface area (Å²) in [6.07, 6.45) is 2.76. The molecule has 2 aromatic heterocycles. The highest BCUT2D eigenvalue weighted by Gasteiger charge is 2.21. The summed E-state index contributed by atoms with van der Waals surface area (Å²) in [6, 6.07) is 4.13. The minimum atomic E-state index is -4.00. The number of H-pyrrole nitrogens is 1. The van der Waals surface area contributed by atoms with Crippen molar-refractivity contribution in [3.05, 3.63) is 45.4 Å². The van der Waals surface area contributed by atoms with E-state index in [2.05, 4.69) is 10.1 Å². The van der Waals surface area contributed by atoms with Gasteiger partial charge in [0.25, 0.3) is 14.6 Å². The lowest BCUT2D eigenvalue weighted by atomic mass is 10.1. The molecule has 2 heterocycles. The van der Waals surface area contributed by atoms with Gasteiger partial charge in [0.2, 0.25) is 0 Å². The molecule has 0 spiro atoms. The Morgan fingerprint density at radius 3 is 2.60 bits per heavy atom. The van der Waals surface area contributed by atoms with Crippen LogP contribution in [0.15, 0.2) is 27.9 Å². The first-order valence-electron chi connectivity index (χ1n) is 9.54. The number of hydrogen-bond donors (Lipinski definition) is 1.